The van der Waals surface area contributed by atoms with Crippen molar-refractivity contribution in [3.8, 4) is 5.75 Å². The van der Waals surface area contributed by atoms with Gasteiger partial charge < -0.3 is 18.8 Å². The number of esters is 1. The number of carbonyl (C=O) groups is 2. The normalized spacial score (nSPS) is 19.7. The molecule has 2 aromatic carbocycles. The molecule has 1 aliphatic carbocycles. The summed E-state index contributed by atoms with van der Waals surface area (Å²) < 4.78 is 16.7. The van der Waals surface area contributed by atoms with Crippen LogP contribution < -0.4 is 15.1 Å². The van der Waals surface area contributed by atoms with E-state index in [2.05, 4.69) is 0 Å². The molecule has 33 heavy (non-hydrogen) atoms. The minimum atomic E-state index is -0.455. The highest BCUT2D eigenvalue weighted by Crippen LogP contribution is 2.39. The molecule has 3 aromatic rings. The summed E-state index contributed by atoms with van der Waals surface area (Å²) in [5, 5.41) is 1.06. The summed E-state index contributed by atoms with van der Waals surface area (Å²) in [5.41, 5.74) is 0.785. The van der Waals surface area contributed by atoms with Crippen molar-refractivity contribution in [3.05, 3.63) is 68.0 Å². The highest BCUT2D eigenvalue weighted by molar-refractivity contribution is 6.34. The van der Waals surface area contributed by atoms with Gasteiger partial charge in [0, 0.05) is 17.6 Å². The molecule has 2 aliphatic rings. The van der Waals surface area contributed by atoms with Crippen LogP contribution in [0.1, 0.15) is 29.0 Å². The van der Waals surface area contributed by atoms with E-state index in [1.807, 2.05) is 0 Å². The Morgan fingerprint density at radius 2 is 1.94 bits per heavy atom. The summed E-state index contributed by atoms with van der Waals surface area (Å²) in [6, 6.07) is 9.92. The smallest absolute Gasteiger partial charge is 0.308 e. The van der Waals surface area contributed by atoms with Crippen LogP contribution in [0.5, 0.6) is 5.75 Å². The van der Waals surface area contributed by atoms with Gasteiger partial charge in [-0.25, -0.2) is 0 Å². The van der Waals surface area contributed by atoms with Crippen molar-refractivity contribution in [2.24, 2.45) is 5.92 Å². The SMILES string of the molecule is COC(=O)C1CC(Oc2cc(Cl)ccc2N2CCc3c(oc4c(Cl)cccc4c3=O)C2=O)C1. The van der Waals surface area contributed by atoms with Crippen LogP contribution in [-0.4, -0.2) is 31.6 Å². The third-order valence-corrected chi connectivity index (χ3v) is 6.66. The van der Waals surface area contributed by atoms with Crippen molar-refractivity contribution in [1.82, 2.24) is 0 Å². The van der Waals surface area contributed by atoms with E-state index in [9.17, 15) is 14.4 Å². The molecular weight excluding hydrogens is 469 g/mol. The third kappa shape index (κ3) is 3.75. The van der Waals surface area contributed by atoms with Crippen molar-refractivity contribution < 1.29 is 23.5 Å². The minimum absolute atomic E-state index is 0.0258. The van der Waals surface area contributed by atoms with E-state index in [4.69, 9.17) is 37.1 Å². The fourth-order valence-corrected chi connectivity index (χ4v) is 4.68. The van der Waals surface area contributed by atoms with Crippen LogP contribution in [0.4, 0.5) is 5.69 Å². The van der Waals surface area contributed by atoms with E-state index >= 15 is 0 Å². The van der Waals surface area contributed by atoms with E-state index in [0.29, 0.717) is 46.7 Å². The molecular formula is C24H19Cl2NO6. The van der Waals surface area contributed by atoms with E-state index in [1.54, 1.807) is 36.4 Å². The fourth-order valence-electron chi connectivity index (χ4n) is 4.30. The van der Waals surface area contributed by atoms with Gasteiger partial charge in [-0.2, -0.15) is 0 Å². The number of methoxy groups -OCH3 is 1. The molecule has 1 fully saturated rings. The van der Waals surface area contributed by atoms with Crippen LogP contribution in [0, 0.1) is 5.92 Å². The molecule has 9 heteroatoms. The highest BCUT2D eigenvalue weighted by Gasteiger charge is 2.38. The van der Waals surface area contributed by atoms with Gasteiger partial charge in [0.15, 0.2) is 16.8 Å². The lowest BCUT2D eigenvalue weighted by molar-refractivity contribution is -0.151. The summed E-state index contributed by atoms with van der Waals surface area (Å²) >= 11 is 12.4. The Morgan fingerprint density at radius 3 is 2.70 bits per heavy atom. The van der Waals surface area contributed by atoms with Crippen LogP contribution in [-0.2, 0) is 16.0 Å². The second kappa shape index (κ2) is 8.39. The Kier molecular flexibility index (Phi) is 5.54. The number of amides is 1. The van der Waals surface area contributed by atoms with Gasteiger partial charge in [0.05, 0.1) is 34.7 Å². The molecule has 0 radical (unpaired) electrons. The number of fused-ring (bicyclic) bond motifs is 2. The maximum atomic E-state index is 13.4. The topological polar surface area (TPSA) is 86.1 Å². The van der Waals surface area contributed by atoms with Crippen LogP contribution >= 0.6 is 23.2 Å². The number of halogens is 2. The molecule has 0 saturated heterocycles. The van der Waals surface area contributed by atoms with Crippen LogP contribution in [0.3, 0.4) is 0 Å². The zero-order valence-corrected chi connectivity index (χ0v) is 19.1. The summed E-state index contributed by atoms with van der Waals surface area (Å²) in [5.74, 6) is -0.511. The van der Waals surface area contributed by atoms with Gasteiger partial charge in [0.25, 0.3) is 5.91 Å². The van der Waals surface area contributed by atoms with Crippen LogP contribution in [0.25, 0.3) is 11.0 Å². The second-order valence-corrected chi connectivity index (χ2v) is 8.95. The van der Waals surface area contributed by atoms with E-state index < -0.39 is 5.91 Å². The molecule has 1 amide bonds. The molecule has 1 aromatic heterocycles. The number of hydrogen-bond donors (Lipinski definition) is 0. The predicted molar refractivity (Wildman–Crippen MR) is 123 cm³/mol. The number of hydrogen-bond acceptors (Lipinski definition) is 6. The quantitative estimate of drug-likeness (QED) is 0.498. The summed E-state index contributed by atoms with van der Waals surface area (Å²) in [6.45, 7) is 0.274. The van der Waals surface area contributed by atoms with E-state index in [-0.39, 0.29) is 46.3 Å². The molecule has 5 rings (SSSR count). The Morgan fingerprint density at radius 1 is 1.15 bits per heavy atom. The number of nitrogens with zero attached hydrogens (tertiary/aromatic N) is 1. The molecule has 0 N–H and O–H groups in total. The van der Waals surface area contributed by atoms with Gasteiger partial charge >= 0.3 is 5.97 Å². The lowest BCUT2D eigenvalue weighted by Crippen LogP contribution is -2.41. The zero-order valence-electron chi connectivity index (χ0n) is 17.6. The Hall–Kier alpha value is -3.03. The lowest BCUT2D eigenvalue weighted by Gasteiger charge is -2.35. The maximum absolute atomic E-state index is 13.4. The van der Waals surface area contributed by atoms with Gasteiger partial charge in [-0.05, 0) is 43.5 Å². The van der Waals surface area contributed by atoms with Crippen molar-refractivity contribution in [2.75, 3.05) is 18.6 Å². The molecule has 0 bridgehead atoms. The van der Waals surface area contributed by atoms with Gasteiger partial charge in [-0.3, -0.25) is 14.4 Å². The minimum Gasteiger partial charge on any atom is -0.488 e. The van der Waals surface area contributed by atoms with Crippen LogP contribution in [0.2, 0.25) is 10.0 Å². The lowest BCUT2D eigenvalue weighted by atomic mass is 9.82. The molecule has 170 valence electrons. The van der Waals surface area contributed by atoms with Crippen molar-refractivity contribution in [1.29, 1.82) is 0 Å². The summed E-state index contributed by atoms with van der Waals surface area (Å²) in [4.78, 5) is 39.5. The molecule has 2 heterocycles. The monoisotopic (exact) mass is 487 g/mol. The Labute approximate surface area is 198 Å². The predicted octanol–water partition coefficient (Wildman–Crippen LogP) is 4.63. The summed E-state index contributed by atoms with van der Waals surface area (Å²) in [7, 11) is 1.36. The molecule has 0 spiro atoms. The first-order valence-electron chi connectivity index (χ1n) is 10.5. The molecule has 1 aliphatic heterocycles. The number of para-hydroxylation sites is 1. The van der Waals surface area contributed by atoms with Crippen molar-refractivity contribution in [3.63, 3.8) is 0 Å². The highest BCUT2D eigenvalue weighted by atomic mass is 35.5. The number of ether oxygens (including phenoxy) is 2. The van der Waals surface area contributed by atoms with E-state index in [1.165, 1.54) is 12.0 Å². The number of carbonyl (C=O) groups excluding carboxylic acids is 2. The molecule has 1 saturated carbocycles. The van der Waals surface area contributed by atoms with E-state index in [0.717, 1.165) is 0 Å². The molecule has 0 atom stereocenters. The van der Waals surface area contributed by atoms with Gasteiger partial charge in [-0.1, -0.05) is 29.3 Å². The number of anilines is 1. The van der Waals surface area contributed by atoms with Crippen LogP contribution in [0.15, 0.2) is 45.6 Å². The Balaban J connectivity index is 1.48. The largest absolute Gasteiger partial charge is 0.488 e. The summed E-state index contributed by atoms with van der Waals surface area (Å²) in [6.07, 6.45) is 1.17. The fraction of sp³-hybridized carbons (Fsp3) is 0.292. The Bertz CT molecular complexity index is 1340. The number of rotatable bonds is 4. The average Bonchev–Trinajstić information content (AvgIpc) is 2.77. The first kappa shape index (κ1) is 21.8. The second-order valence-electron chi connectivity index (χ2n) is 8.11. The van der Waals surface area contributed by atoms with Crippen molar-refractivity contribution >= 4 is 51.7 Å². The average molecular weight is 488 g/mol. The molecule has 0 unspecified atom stereocenters. The first-order chi connectivity index (χ1) is 15.9. The van der Waals surface area contributed by atoms with Gasteiger partial charge in [0.1, 0.15) is 11.9 Å². The molecule has 7 nitrogen and oxygen atoms in total. The van der Waals surface area contributed by atoms with Crippen molar-refractivity contribution in [2.45, 2.75) is 25.4 Å². The third-order valence-electron chi connectivity index (χ3n) is 6.12. The zero-order chi connectivity index (χ0) is 23.3. The maximum Gasteiger partial charge on any atom is 0.308 e. The van der Waals surface area contributed by atoms with Gasteiger partial charge in [0.2, 0.25) is 0 Å². The first-order valence-corrected chi connectivity index (χ1v) is 11.2. The standard InChI is InChI=1S/C24H19Cl2NO6/c1-31-24(30)12-9-14(10-12)32-19-11-13(25)5-6-18(19)27-8-7-16-20(28)15-3-2-4-17(26)21(15)33-22(16)23(27)29/h2-6,11-12,14H,7-10H2,1H3. The van der Waals surface area contributed by atoms with Gasteiger partial charge in [-0.15, -0.1) is 0 Å². The number of benzene rings is 2.